The van der Waals surface area contributed by atoms with Crippen LogP contribution in [0.1, 0.15) is 44.6 Å². The molecule has 0 aromatic heterocycles. The molecule has 18 heavy (non-hydrogen) atoms. The molecule has 1 fully saturated rings. The smallest absolute Gasteiger partial charge is 0.122 e. The lowest BCUT2D eigenvalue weighted by Gasteiger charge is -2.22. The van der Waals surface area contributed by atoms with E-state index >= 15 is 0 Å². The summed E-state index contributed by atoms with van der Waals surface area (Å²) in [5, 5.41) is 0. The van der Waals surface area contributed by atoms with E-state index in [1.165, 1.54) is 37.7 Å². The first kappa shape index (κ1) is 13.4. The molecule has 0 amide bonds. The first-order valence-corrected chi connectivity index (χ1v) is 7.22. The van der Waals surface area contributed by atoms with Gasteiger partial charge in [0, 0.05) is 6.04 Å². The molecule has 2 heteroatoms. The molecule has 0 spiro atoms. The Morgan fingerprint density at radius 3 is 2.67 bits per heavy atom. The monoisotopic (exact) mass is 247 g/mol. The highest BCUT2D eigenvalue weighted by atomic mass is 16.5. The molecule has 2 nitrogen and oxygen atoms in total. The highest BCUT2D eigenvalue weighted by Crippen LogP contribution is 2.26. The Labute approximate surface area is 111 Å². The van der Waals surface area contributed by atoms with Gasteiger partial charge in [-0.25, -0.2) is 0 Å². The zero-order valence-corrected chi connectivity index (χ0v) is 11.4. The third-order valence-electron chi connectivity index (χ3n) is 3.71. The molecule has 1 aromatic carbocycles. The van der Waals surface area contributed by atoms with Gasteiger partial charge in [-0.1, -0.05) is 37.5 Å². The zero-order valence-electron chi connectivity index (χ0n) is 11.4. The number of ether oxygens (including phenoxy) is 1. The predicted molar refractivity (Wildman–Crippen MR) is 75.9 cm³/mol. The summed E-state index contributed by atoms with van der Waals surface area (Å²) >= 11 is 0. The second kappa shape index (κ2) is 6.79. The van der Waals surface area contributed by atoms with Gasteiger partial charge in [-0.3, -0.25) is 0 Å². The van der Waals surface area contributed by atoms with Crippen LogP contribution < -0.4 is 10.5 Å². The van der Waals surface area contributed by atoms with Crippen molar-refractivity contribution in [1.82, 2.24) is 0 Å². The summed E-state index contributed by atoms with van der Waals surface area (Å²) in [4.78, 5) is 0. The number of nitrogens with two attached hydrogens (primary N) is 1. The third kappa shape index (κ3) is 4.02. The molecule has 0 radical (unpaired) electrons. The summed E-state index contributed by atoms with van der Waals surface area (Å²) in [7, 11) is 0. The molecule has 1 aliphatic carbocycles. The Morgan fingerprint density at radius 1 is 1.22 bits per heavy atom. The number of para-hydroxylation sites is 1. The fourth-order valence-corrected chi connectivity index (χ4v) is 2.72. The van der Waals surface area contributed by atoms with Crippen LogP contribution in [0.5, 0.6) is 5.75 Å². The Kier molecular flexibility index (Phi) is 5.06. The molecule has 0 bridgehead atoms. The van der Waals surface area contributed by atoms with E-state index in [1.807, 2.05) is 13.0 Å². The summed E-state index contributed by atoms with van der Waals surface area (Å²) in [6.07, 6.45) is 7.69. The van der Waals surface area contributed by atoms with Crippen LogP contribution in [0, 0.1) is 5.92 Å². The Balaban J connectivity index is 1.91. The van der Waals surface area contributed by atoms with Crippen LogP contribution in [-0.4, -0.2) is 12.6 Å². The molecule has 0 heterocycles. The molecule has 1 aromatic rings. The molecule has 2 N–H and O–H groups in total. The van der Waals surface area contributed by atoms with Crippen LogP contribution in [0.15, 0.2) is 24.3 Å². The van der Waals surface area contributed by atoms with Gasteiger partial charge in [-0.05, 0) is 43.7 Å². The first-order valence-electron chi connectivity index (χ1n) is 7.22. The normalized spacial score (nSPS) is 18.6. The van der Waals surface area contributed by atoms with Crippen LogP contribution in [0.3, 0.4) is 0 Å². The van der Waals surface area contributed by atoms with E-state index in [0.29, 0.717) is 0 Å². The van der Waals surface area contributed by atoms with Crippen LogP contribution in [0.25, 0.3) is 0 Å². The molecule has 1 unspecified atom stereocenters. The van der Waals surface area contributed by atoms with Gasteiger partial charge in [-0.15, -0.1) is 0 Å². The molecule has 0 saturated heterocycles. The lowest BCUT2D eigenvalue weighted by Crippen LogP contribution is -2.19. The zero-order chi connectivity index (χ0) is 12.8. The number of hydrogen-bond donors (Lipinski definition) is 1. The van der Waals surface area contributed by atoms with Crippen molar-refractivity contribution in [1.29, 1.82) is 0 Å². The lowest BCUT2D eigenvalue weighted by atomic mass is 9.90. The van der Waals surface area contributed by atoms with Gasteiger partial charge in [0.1, 0.15) is 5.75 Å². The summed E-state index contributed by atoms with van der Waals surface area (Å²) in [6.45, 7) is 2.91. The van der Waals surface area contributed by atoms with Gasteiger partial charge in [-0.2, -0.15) is 0 Å². The number of benzene rings is 1. The van der Waals surface area contributed by atoms with E-state index in [0.717, 1.165) is 24.7 Å². The highest BCUT2D eigenvalue weighted by molar-refractivity contribution is 5.33. The Hall–Kier alpha value is -1.02. The van der Waals surface area contributed by atoms with Crippen LogP contribution in [-0.2, 0) is 6.42 Å². The topological polar surface area (TPSA) is 35.2 Å². The van der Waals surface area contributed by atoms with Crippen LogP contribution in [0.4, 0.5) is 0 Å². The minimum atomic E-state index is 0.185. The van der Waals surface area contributed by atoms with Crippen molar-refractivity contribution in [2.45, 2.75) is 51.5 Å². The molecule has 100 valence electrons. The molecule has 1 saturated carbocycles. The molecule has 0 aliphatic heterocycles. The van der Waals surface area contributed by atoms with Crippen LogP contribution in [0.2, 0.25) is 0 Å². The van der Waals surface area contributed by atoms with Gasteiger partial charge in [0.25, 0.3) is 0 Å². The van der Waals surface area contributed by atoms with E-state index in [2.05, 4.69) is 18.2 Å². The van der Waals surface area contributed by atoms with E-state index < -0.39 is 0 Å². The molecule has 1 atom stereocenters. The van der Waals surface area contributed by atoms with Crippen molar-refractivity contribution < 1.29 is 4.74 Å². The Morgan fingerprint density at radius 2 is 1.94 bits per heavy atom. The van der Waals surface area contributed by atoms with Crippen LogP contribution >= 0.6 is 0 Å². The quantitative estimate of drug-likeness (QED) is 0.863. The second-order valence-corrected chi connectivity index (χ2v) is 5.60. The maximum atomic E-state index is 6.02. The van der Waals surface area contributed by atoms with Crippen molar-refractivity contribution in [3.8, 4) is 5.75 Å². The average molecular weight is 247 g/mol. The van der Waals surface area contributed by atoms with Gasteiger partial charge < -0.3 is 10.5 Å². The fraction of sp³-hybridized carbons (Fsp3) is 0.625. The summed E-state index contributed by atoms with van der Waals surface area (Å²) in [6, 6.07) is 8.48. The van der Waals surface area contributed by atoms with E-state index in [4.69, 9.17) is 10.5 Å². The number of hydrogen-bond acceptors (Lipinski definition) is 2. The Bertz CT molecular complexity index is 356. The third-order valence-corrected chi connectivity index (χ3v) is 3.71. The highest BCUT2D eigenvalue weighted by Gasteiger charge is 2.14. The maximum absolute atomic E-state index is 6.02. The number of rotatable bonds is 5. The maximum Gasteiger partial charge on any atom is 0.122 e. The first-order chi connectivity index (χ1) is 8.75. The fourth-order valence-electron chi connectivity index (χ4n) is 2.72. The van der Waals surface area contributed by atoms with E-state index in [9.17, 15) is 0 Å². The lowest BCUT2D eigenvalue weighted by molar-refractivity contribution is 0.207. The van der Waals surface area contributed by atoms with Crippen molar-refractivity contribution in [2.75, 3.05) is 6.61 Å². The van der Waals surface area contributed by atoms with Gasteiger partial charge in [0.15, 0.2) is 0 Å². The standard InChI is InChI=1S/C16H25NO/c1-13(17)11-15-9-5-6-10-16(15)18-12-14-7-3-2-4-8-14/h5-6,9-10,13-14H,2-4,7-8,11-12,17H2,1H3. The molecular formula is C16H25NO. The van der Waals surface area contributed by atoms with E-state index in [-0.39, 0.29) is 6.04 Å². The molecule has 1 aliphatic rings. The predicted octanol–water partition coefficient (Wildman–Crippen LogP) is 3.54. The molecular weight excluding hydrogens is 222 g/mol. The summed E-state index contributed by atoms with van der Waals surface area (Å²) < 4.78 is 6.02. The molecule has 2 rings (SSSR count). The second-order valence-electron chi connectivity index (χ2n) is 5.60. The van der Waals surface area contributed by atoms with Gasteiger partial charge >= 0.3 is 0 Å². The summed E-state index contributed by atoms with van der Waals surface area (Å²) in [5.74, 6) is 1.78. The van der Waals surface area contributed by atoms with Crippen molar-refractivity contribution in [3.63, 3.8) is 0 Å². The minimum Gasteiger partial charge on any atom is -0.493 e. The van der Waals surface area contributed by atoms with Gasteiger partial charge in [0.2, 0.25) is 0 Å². The van der Waals surface area contributed by atoms with Gasteiger partial charge in [0.05, 0.1) is 6.61 Å². The van der Waals surface area contributed by atoms with Crippen molar-refractivity contribution in [3.05, 3.63) is 29.8 Å². The average Bonchev–Trinajstić information content (AvgIpc) is 2.38. The van der Waals surface area contributed by atoms with Crippen molar-refractivity contribution >= 4 is 0 Å². The largest absolute Gasteiger partial charge is 0.493 e. The van der Waals surface area contributed by atoms with Crippen molar-refractivity contribution in [2.24, 2.45) is 11.7 Å². The SMILES string of the molecule is CC(N)Cc1ccccc1OCC1CCCCC1. The van der Waals surface area contributed by atoms with E-state index in [1.54, 1.807) is 0 Å². The minimum absolute atomic E-state index is 0.185. The summed E-state index contributed by atoms with van der Waals surface area (Å²) in [5.41, 5.74) is 7.12.